The van der Waals surface area contributed by atoms with Gasteiger partial charge in [-0.15, -0.1) is 0 Å². The molecule has 1 N–H and O–H groups in total. The second-order valence-electron chi connectivity index (χ2n) is 9.14. The first-order valence-electron chi connectivity index (χ1n) is 12.3. The fraction of sp³-hybridized carbons (Fsp3) is 0.310. The summed E-state index contributed by atoms with van der Waals surface area (Å²) in [6, 6.07) is 24.7. The van der Waals surface area contributed by atoms with E-state index in [1.54, 1.807) is 6.20 Å². The Balaban J connectivity index is 1.13. The van der Waals surface area contributed by atoms with Crippen LogP contribution in [-0.2, 0) is 0 Å². The summed E-state index contributed by atoms with van der Waals surface area (Å²) < 4.78 is 5.96. The molecule has 2 atom stereocenters. The second-order valence-corrected chi connectivity index (χ2v) is 9.14. The first-order chi connectivity index (χ1) is 17.3. The van der Waals surface area contributed by atoms with E-state index >= 15 is 0 Å². The van der Waals surface area contributed by atoms with E-state index in [0.717, 1.165) is 49.4 Å². The zero-order chi connectivity index (χ0) is 23.9. The van der Waals surface area contributed by atoms with Crippen LogP contribution < -0.4 is 4.74 Å². The van der Waals surface area contributed by atoms with Crippen molar-refractivity contribution in [3.05, 3.63) is 103 Å². The highest BCUT2D eigenvalue weighted by molar-refractivity contribution is 5.84. The number of pyridine rings is 2. The number of hydrogen-bond donors (Lipinski definition) is 1. The molecule has 2 aromatic carbocycles. The Bertz CT molecular complexity index is 1150. The summed E-state index contributed by atoms with van der Waals surface area (Å²) >= 11 is 0. The molecule has 2 unspecified atom stereocenters. The molecule has 35 heavy (non-hydrogen) atoms. The number of aromatic nitrogens is 2. The molecule has 4 aromatic rings. The average Bonchev–Trinajstić information content (AvgIpc) is 2.92. The van der Waals surface area contributed by atoms with Crippen LogP contribution in [0.2, 0.25) is 0 Å². The van der Waals surface area contributed by atoms with E-state index < -0.39 is 6.10 Å². The second kappa shape index (κ2) is 11.4. The normalized spacial score (nSPS) is 16.7. The van der Waals surface area contributed by atoms with E-state index in [-0.39, 0.29) is 6.61 Å². The van der Waals surface area contributed by atoms with Gasteiger partial charge in [0.25, 0.3) is 0 Å². The van der Waals surface area contributed by atoms with Crippen LogP contribution in [0.4, 0.5) is 0 Å². The average molecular weight is 469 g/mol. The van der Waals surface area contributed by atoms with Gasteiger partial charge in [-0.05, 0) is 47.5 Å². The molecule has 3 heterocycles. The van der Waals surface area contributed by atoms with Gasteiger partial charge in [0.2, 0.25) is 0 Å². The molecule has 0 radical (unpaired) electrons. The number of ether oxygens (including phenoxy) is 1. The lowest BCUT2D eigenvalue weighted by atomic mass is 9.91. The van der Waals surface area contributed by atoms with Crippen molar-refractivity contribution in [3.8, 4) is 5.75 Å². The number of aliphatic hydroxyl groups excluding tert-OH is 1. The summed E-state index contributed by atoms with van der Waals surface area (Å²) in [6.45, 7) is 5.70. The maximum absolute atomic E-state index is 10.6. The number of nitrogens with zero attached hydrogens (tertiary/aromatic N) is 4. The molecular weight excluding hydrogens is 436 g/mol. The minimum absolute atomic E-state index is 0.270. The minimum atomic E-state index is -0.539. The highest BCUT2D eigenvalue weighted by atomic mass is 16.5. The van der Waals surface area contributed by atoms with Gasteiger partial charge in [0, 0.05) is 69.2 Å². The lowest BCUT2D eigenvalue weighted by molar-refractivity contribution is 0.0459. The van der Waals surface area contributed by atoms with Gasteiger partial charge in [0.05, 0.1) is 5.52 Å². The molecule has 1 aliphatic heterocycles. The maximum atomic E-state index is 10.6. The van der Waals surface area contributed by atoms with Crippen LogP contribution in [0.1, 0.15) is 17.0 Å². The summed E-state index contributed by atoms with van der Waals surface area (Å²) in [4.78, 5) is 13.4. The van der Waals surface area contributed by atoms with Crippen molar-refractivity contribution in [2.75, 3.05) is 45.9 Å². The zero-order valence-electron chi connectivity index (χ0n) is 19.9. The molecule has 0 amide bonds. The van der Waals surface area contributed by atoms with Crippen molar-refractivity contribution in [2.24, 2.45) is 0 Å². The minimum Gasteiger partial charge on any atom is -0.490 e. The monoisotopic (exact) mass is 468 g/mol. The van der Waals surface area contributed by atoms with Crippen LogP contribution in [0.25, 0.3) is 10.9 Å². The summed E-state index contributed by atoms with van der Waals surface area (Å²) in [5.41, 5.74) is 3.53. The van der Waals surface area contributed by atoms with E-state index in [0.29, 0.717) is 12.5 Å². The number of rotatable bonds is 9. The quantitative estimate of drug-likeness (QED) is 0.403. The maximum Gasteiger partial charge on any atom is 0.128 e. The molecule has 6 heteroatoms. The molecule has 1 aliphatic rings. The smallest absolute Gasteiger partial charge is 0.128 e. The van der Waals surface area contributed by atoms with Crippen LogP contribution in [0, 0.1) is 0 Å². The number of fused-ring (bicyclic) bond motifs is 1. The fourth-order valence-electron chi connectivity index (χ4n) is 4.83. The molecule has 0 saturated carbocycles. The van der Waals surface area contributed by atoms with E-state index in [9.17, 15) is 5.11 Å². The van der Waals surface area contributed by atoms with Crippen molar-refractivity contribution < 1.29 is 9.84 Å². The van der Waals surface area contributed by atoms with Gasteiger partial charge in [-0.2, -0.15) is 0 Å². The Morgan fingerprint density at radius 2 is 1.46 bits per heavy atom. The van der Waals surface area contributed by atoms with Crippen LogP contribution >= 0.6 is 0 Å². The third kappa shape index (κ3) is 6.03. The standard InChI is InChI=1S/C29H32N4O2/c34-25(22-35-29-10-4-9-28-26(29)8-5-13-31-28)20-32-16-18-33(19-17-32)21-27(23-6-2-1-3-7-23)24-11-14-30-15-12-24/h1-15,25,27,34H,16-22H2. The summed E-state index contributed by atoms with van der Waals surface area (Å²) in [6.07, 6.45) is 4.99. The highest BCUT2D eigenvalue weighted by Crippen LogP contribution is 2.26. The molecular formula is C29H32N4O2. The highest BCUT2D eigenvalue weighted by Gasteiger charge is 2.23. The molecule has 1 saturated heterocycles. The van der Waals surface area contributed by atoms with Gasteiger partial charge in [-0.3, -0.25) is 19.8 Å². The Kier molecular flexibility index (Phi) is 7.63. The van der Waals surface area contributed by atoms with Gasteiger partial charge in [-0.25, -0.2) is 0 Å². The number of hydrogen-bond acceptors (Lipinski definition) is 6. The van der Waals surface area contributed by atoms with Gasteiger partial charge < -0.3 is 9.84 Å². The molecule has 5 rings (SSSR count). The SMILES string of the molecule is OC(COc1cccc2ncccc12)CN1CCN(CC(c2ccccc2)c2ccncc2)CC1. The van der Waals surface area contributed by atoms with Gasteiger partial charge in [0.15, 0.2) is 0 Å². The van der Waals surface area contributed by atoms with E-state index in [2.05, 4.69) is 62.2 Å². The Morgan fingerprint density at radius 3 is 2.23 bits per heavy atom. The number of β-amino-alcohol motifs (C(OH)–C–C–N with tert-alkyl or cyclic N) is 1. The van der Waals surface area contributed by atoms with Gasteiger partial charge in [0.1, 0.15) is 18.5 Å². The molecule has 1 fully saturated rings. The summed E-state index contributed by atoms with van der Waals surface area (Å²) in [7, 11) is 0. The van der Waals surface area contributed by atoms with Crippen molar-refractivity contribution in [3.63, 3.8) is 0 Å². The van der Waals surface area contributed by atoms with Gasteiger partial charge in [-0.1, -0.05) is 36.4 Å². The summed E-state index contributed by atoms with van der Waals surface area (Å²) in [5, 5.41) is 11.6. The zero-order valence-corrected chi connectivity index (χ0v) is 19.9. The predicted molar refractivity (Wildman–Crippen MR) is 139 cm³/mol. The van der Waals surface area contributed by atoms with Gasteiger partial charge >= 0.3 is 0 Å². The van der Waals surface area contributed by atoms with Crippen LogP contribution in [0.3, 0.4) is 0 Å². The molecule has 2 aromatic heterocycles. The predicted octanol–water partition coefficient (Wildman–Crippen LogP) is 3.82. The molecule has 0 bridgehead atoms. The Hall–Kier alpha value is -3.32. The van der Waals surface area contributed by atoms with Crippen LogP contribution in [-0.4, -0.2) is 76.9 Å². The number of piperazine rings is 1. The largest absolute Gasteiger partial charge is 0.490 e. The molecule has 180 valence electrons. The Morgan fingerprint density at radius 1 is 0.743 bits per heavy atom. The molecule has 6 nitrogen and oxygen atoms in total. The Labute approximate surface area is 206 Å². The molecule has 0 aliphatic carbocycles. The van der Waals surface area contributed by atoms with E-state index in [1.807, 2.05) is 42.7 Å². The lowest BCUT2D eigenvalue weighted by Gasteiger charge is -2.37. The van der Waals surface area contributed by atoms with Crippen LogP contribution in [0.15, 0.2) is 91.4 Å². The first kappa shape index (κ1) is 23.4. The van der Waals surface area contributed by atoms with Crippen molar-refractivity contribution in [2.45, 2.75) is 12.0 Å². The fourth-order valence-corrected chi connectivity index (χ4v) is 4.83. The molecule has 0 spiro atoms. The lowest BCUT2D eigenvalue weighted by Crippen LogP contribution is -2.50. The third-order valence-electron chi connectivity index (χ3n) is 6.72. The van der Waals surface area contributed by atoms with Crippen LogP contribution in [0.5, 0.6) is 5.75 Å². The van der Waals surface area contributed by atoms with Crippen molar-refractivity contribution >= 4 is 10.9 Å². The van der Waals surface area contributed by atoms with Crippen molar-refractivity contribution in [1.29, 1.82) is 0 Å². The summed E-state index contributed by atoms with van der Waals surface area (Å²) in [5.74, 6) is 1.09. The van der Waals surface area contributed by atoms with Crippen molar-refractivity contribution in [1.82, 2.24) is 19.8 Å². The topological polar surface area (TPSA) is 61.7 Å². The first-order valence-corrected chi connectivity index (χ1v) is 12.3. The van der Waals surface area contributed by atoms with E-state index in [1.165, 1.54) is 11.1 Å². The van der Waals surface area contributed by atoms with E-state index in [4.69, 9.17) is 4.74 Å². The number of aliphatic hydroxyl groups is 1. The number of benzene rings is 2. The third-order valence-corrected chi connectivity index (χ3v) is 6.72.